The summed E-state index contributed by atoms with van der Waals surface area (Å²) in [4.78, 5) is 4.52. The number of nitrogens with one attached hydrogen (secondary N) is 1. The number of hydrogen-bond acceptors (Lipinski definition) is 6. The number of nitrogens with zero attached hydrogens (tertiary/aromatic N) is 4. The summed E-state index contributed by atoms with van der Waals surface area (Å²) in [6.07, 6.45) is 6.83. The number of halogens is 3. The summed E-state index contributed by atoms with van der Waals surface area (Å²) in [5.74, 6) is -2.23. The standard InChI is InChI=1S/C31H24F3N5O4S2/c1-19-3-6-26(7-4-19)45(42,43)39-18-28(23-15-36-38(17-23)16-20-9-24(32)13-25(33)10-20)27-11-22(14-35-31(27)39)21-5-8-29(34)30(12-21)37-44(2,40)41/h3-15,17-18,37H,16H2,1-2H3. The normalized spacial score (nSPS) is 12.1. The van der Waals surface area contributed by atoms with Crippen LogP contribution in [0.15, 0.2) is 96.4 Å². The third-order valence-electron chi connectivity index (χ3n) is 7.00. The van der Waals surface area contributed by atoms with Crippen molar-refractivity contribution in [3.05, 3.63) is 120 Å². The first-order valence-electron chi connectivity index (χ1n) is 13.4. The molecular formula is C31H24F3N5O4S2. The molecule has 0 aliphatic carbocycles. The van der Waals surface area contributed by atoms with Gasteiger partial charge in [-0.05, 0) is 60.5 Å². The van der Waals surface area contributed by atoms with E-state index >= 15 is 0 Å². The molecule has 3 heterocycles. The Balaban J connectivity index is 1.50. The number of sulfonamides is 1. The number of aryl methyl sites for hydroxylation is 1. The van der Waals surface area contributed by atoms with Crippen LogP contribution in [0.5, 0.6) is 0 Å². The number of aromatic nitrogens is 4. The van der Waals surface area contributed by atoms with Gasteiger partial charge in [0.05, 0.1) is 29.6 Å². The lowest BCUT2D eigenvalue weighted by atomic mass is 10.0. The van der Waals surface area contributed by atoms with E-state index in [4.69, 9.17) is 0 Å². The third kappa shape index (κ3) is 6.19. The number of hydrogen-bond donors (Lipinski definition) is 1. The largest absolute Gasteiger partial charge is 0.281 e. The monoisotopic (exact) mass is 651 g/mol. The van der Waals surface area contributed by atoms with E-state index in [1.54, 1.807) is 24.4 Å². The van der Waals surface area contributed by atoms with E-state index in [-0.39, 0.29) is 22.8 Å². The lowest BCUT2D eigenvalue weighted by Gasteiger charge is -2.10. The number of anilines is 1. The molecule has 0 spiro atoms. The molecular weight excluding hydrogens is 628 g/mol. The summed E-state index contributed by atoms with van der Waals surface area (Å²) in [5.41, 5.74) is 2.86. The average Bonchev–Trinajstić information content (AvgIpc) is 3.58. The van der Waals surface area contributed by atoms with E-state index in [2.05, 4.69) is 14.8 Å². The zero-order valence-corrected chi connectivity index (χ0v) is 25.4. The predicted molar refractivity (Wildman–Crippen MR) is 164 cm³/mol. The minimum atomic E-state index is -4.11. The minimum absolute atomic E-state index is 0.0429. The second-order valence-corrected chi connectivity index (χ2v) is 14.1. The van der Waals surface area contributed by atoms with Crippen LogP contribution in [0, 0.1) is 24.4 Å². The molecule has 1 N–H and O–H groups in total. The van der Waals surface area contributed by atoms with Crippen LogP contribution >= 0.6 is 0 Å². The van der Waals surface area contributed by atoms with E-state index in [1.807, 2.05) is 6.92 Å². The number of benzene rings is 3. The van der Waals surface area contributed by atoms with Crippen molar-refractivity contribution < 1.29 is 30.0 Å². The summed E-state index contributed by atoms with van der Waals surface area (Å²) < 4.78 is 97.8. The summed E-state index contributed by atoms with van der Waals surface area (Å²) in [6.45, 7) is 1.88. The molecule has 0 unspecified atom stereocenters. The van der Waals surface area contributed by atoms with Crippen LogP contribution in [0.25, 0.3) is 33.3 Å². The van der Waals surface area contributed by atoms with E-state index in [1.165, 1.54) is 59.7 Å². The number of pyridine rings is 1. The van der Waals surface area contributed by atoms with Crippen LogP contribution in [0.1, 0.15) is 11.1 Å². The molecule has 0 bridgehead atoms. The van der Waals surface area contributed by atoms with Gasteiger partial charge in [0.2, 0.25) is 10.0 Å². The molecule has 3 aromatic carbocycles. The van der Waals surface area contributed by atoms with Crippen LogP contribution in [0.3, 0.4) is 0 Å². The van der Waals surface area contributed by atoms with Crippen molar-refractivity contribution in [3.63, 3.8) is 0 Å². The van der Waals surface area contributed by atoms with Crippen LogP contribution in [0.2, 0.25) is 0 Å². The molecule has 0 amide bonds. The summed E-state index contributed by atoms with van der Waals surface area (Å²) in [7, 11) is -7.88. The molecule has 0 aliphatic rings. The van der Waals surface area contributed by atoms with E-state index in [0.717, 1.165) is 27.9 Å². The fraction of sp³-hybridized carbons (Fsp3) is 0.0968. The lowest BCUT2D eigenvalue weighted by molar-refractivity contribution is 0.574. The first kappa shape index (κ1) is 30.1. The van der Waals surface area contributed by atoms with Crippen molar-refractivity contribution >= 4 is 36.8 Å². The highest BCUT2D eigenvalue weighted by Crippen LogP contribution is 2.35. The molecule has 14 heteroatoms. The fourth-order valence-electron chi connectivity index (χ4n) is 4.94. The van der Waals surface area contributed by atoms with Crippen molar-refractivity contribution in [1.29, 1.82) is 0 Å². The van der Waals surface area contributed by atoms with Crippen LogP contribution in [-0.4, -0.2) is 41.8 Å². The second kappa shape index (κ2) is 11.2. The van der Waals surface area contributed by atoms with Crippen molar-refractivity contribution in [2.45, 2.75) is 18.4 Å². The highest BCUT2D eigenvalue weighted by Gasteiger charge is 2.24. The Labute approximate surface area is 256 Å². The van der Waals surface area contributed by atoms with Gasteiger partial charge >= 0.3 is 0 Å². The predicted octanol–water partition coefficient (Wildman–Crippen LogP) is 5.95. The quantitative estimate of drug-likeness (QED) is 0.218. The second-order valence-electron chi connectivity index (χ2n) is 10.5. The highest BCUT2D eigenvalue weighted by molar-refractivity contribution is 7.92. The molecule has 6 rings (SSSR count). The fourth-order valence-corrected chi connectivity index (χ4v) is 6.82. The molecule has 9 nitrogen and oxygen atoms in total. The lowest BCUT2D eigenvalue weighted by Crippen LogP contribution is -2.12. The molecule has 0 atom stereocenters. The Hall–Kier alpha value is -4.95. The Morgan fingerprint density at radius 3 is 2.20 bits per heavy atom. The van der Waals surface area contributed by atoms with Crippen molar-refractivity contribution in [2.75, 3.05) is 11.0 Å². The van der Waals surface area contributed by atoms with Crippen LogP contribution < -0.4 is 4.72 Å². The smallest absolute Gasteiger partial charge is 0.269 e. The Kier molecular flexibility index (Phi) is 7.49. The highest BCUT2D eigenvalue weighted by atomic mass is 32.2. The zero-order valence-electron chi connectivity index (χ0n) is 23.7. The summed E-state index contributed by atoms with van der Waals surface area (Å²) in [5, 5.41) is 4.72. The van der Waals surface area contributed by atoms with Gasteiger partial charge in [0.1, 0.15) is 17.5 Å². The maximum Gasteiger partial charge on any atom is 0.269 e. The van der Waals surface area contributed by atoms with Gasteiger partial charge in [0, 0.05) is 46.7 Å². The number of fused-ring (bicyclic) bond motifs is 1. The first-order chi connectivity index (χ1) is 21.3. The molecule has 230 valence electrons. The molecule has 45 heavy (non-hydrogen) atoms. The molecule has 6 aromatic rings. The van der Waals surface area contributed by atoms with E-state index in [0.29, 0.717) is 33.2 Å². The Bertz CT molecular complexity index is 2300. The van der Waals surface area contributed by atoms with E-state index < -0.39 is 37.5 Å². The number of rotatable bonds is 8. The van der Waals surface area contributed by atoms with Crippen molar-refractivity contribution in [3.8, 4) is 22.3 Å². The van der Waals surface area contributed by atoms with Gasteiger partial charge in [-0.15, -0.1) is 0 Å². The zero-order chi connectivity index (χ0) is 32.1. The first-order valence-corrected chi connectivity index (χ1v) is 16.7. The van der Waals surface area contributed by atoms with E-state index in [9.17, 15) is 30.0 Å². The molecule has 0 saturated heterocycles. The molecule has 3 aromatic heterocycles. The SMILES string of the molecule is Cc1ccc(S(=O)(=O)n2cc(-c3cnn(Cc4cc(F)cc(F)c4)c3)c3cc(-c4ccc(F)c(NS(C)(=O)=O)c4)cnc32)cc1. The summed E-state index contributed by atoms with van der Waals surface area (Å²) in [6, 6.07) is 15.0. The Morgan fingerprint density at radius 1 is 0.800 bits per heavy atom. The molecule has 0 saturated carbocycles. The maximum atomic E-state index is 14.4. The van der Waals surface area contributed by atoms with Gasteiger partial charge in [-0.3, -0.25) is 9.40 Å². The topological polar surface area (TPSA) is 116 Å². The van der Waals surface area contributed by atoms with Crippen LogP contribution in [-0.2, 0) is 26.6 Å². The minimum Gasteiger partial charge on any atom is -0.281 e. The van der Waals surface area contributed by atoms with Gasteiger partial charge in [0.25, 0.3) is 10.0 Å². The van der Waals surface area contributed by atoms with Gasteiger partial charge in [-0.2, -0.15) is 5.10 Å². The van der Waals surface area contributed by atoms with Crippen LogP contribution in [0.4, 0.5) is 18.9 Å². The van der Waals surface area contributed by atoms with Crippen molar-refractivity contribution in [1.82, 2.24) is 18.7 Å². The van der Waals surface area contributed by atoms with Gasteiger partial charge in [-0.25, -0.2) is 39.0 Å². The average molecular weight is 652 g/mol. The summed E-state index contributed by atoms with van der Waals surface area (Å²) >= 11 is 0. The molecule has 0 radical (unpaired) electrons. The van der Waals surface area contributed by atoms with Gasteiger partial charge < -0.3 is 0 Å². The third-order valence-corrected chi connectivity index (χ3v) is 9.25. The molecule has 0 aliphatic heterocycles. The molecule has 0 fully saturated rings. The maximum absolute atomic E-state index is 14.4. The van der Waals surface area contributed by atoms with Gasteiger partial charge in [-0.1, -0.05) is 23.8 Å². The van der Waals surface area contributed by atoms with Crippen molar-refractivity contribution in [2.24, 2.45) is 0 Å². The Morgan fingerprint density at radius 2 is 1.51 bits per heavy atom. The van der Waals surface area contributed by atoms with Gasteiger partial charge in [0.15, 0.2) is 5.65 Å².